The predicted octanol–water partition coefficient (Wildman–Crippen LogP) is 7.99. The van der Waals surface area contributed by atoms with Crippen molar-refractivity contribution in [1.29, 1.82) is 0 Å². The van der Waals surface area contributed by atoms with E-state index < -0.39 is 12.3 Å². The Balaban J connectivity index is 1.14. The quantitative estimate of drug-likeness (QED) is 0.0937. The van der Waals surface area contributed by atoms with Crippen molar-refractivity contribution in [3.63, 3.8) is 0 Å². The number of nitrogens with zero attached hydrogens (tertiary/aromatic N) is 1. The molecule has 10 rings (SSSR count). The molecule has 1 unspecified atom stereocenters. The summed E-state index contributed by atoms with van der Waals surface area (Å²) in [5.41, 5.74) is 16.9. The molecule has 10 heteroatoms. The number of aliphatic hydroxyl groups is 1. The summed E-state index contributed by atoms with van der Waals surface area (Å²) < 4.78 is 22.0. The molecule has 10 nitrogen and oxygen atoms in total. The summed E-state index contributed by atoms with van der Waals surface area (Å²) in [5.74, 6) is 9.50. The van der Waals surface area contributed by atoms with Gasteiger partial charge in [0.1, 0.15) is 24.3 Å². The number of fused-ring (bicyclic) bond motifs is 9. The van der Waals surface area contributed by atoms with Crippen molar-refractivity contribution in [1.82, 2.24) is 15.2 Å². The van der Waals surface area contributed by atoms with Gasteiger partial charge in [-0.15, -0.1) is 0 Å². The van der Waals surface area contributed by atoms with Gasteiger partial charge in [-0.05, 0) is 153 Å². The minimum absolute atomic E-state index is 0.0892. The topological polar surface area (TPSA) is 143 Å². The van der Waals surface area contributed by atoms with E-state index in [0.717, 1.165) is 102 Å². The number of aromatic hydroxyl groups is 2. The van der Waals surface area contributed by atoms with Gasteiger partial charge in [0.15, 0.2) is 11.5 Å². The van der Waals surface area contributed by atoms with Gasteiger partial charge in [-0.25, -0.2) is 0 Å². The lowest BCUT2D eigenvalue weighted by Gasteiger charge is -2.49. The summed E-state index contributed by atoms with van der Waals surface area (Å²) in [6.07, 6.45) is 12.0. The Morgan fingerprint density at radius 2 is 1.82 bits per heavy atom. The molecule has 0 spiro atoms. The van der Waals surface area contributed by atoms with Crippen molar-refractivity contribution in [2.24, 2.45) is 17.6 Å². The monoisotopic (exact) mass is 874 g/mol. The number of hydrogen-bond donors (Lipinski definition) is 6. The van der Waals surface area contributed by atoms with E-state index >= 15 is 0 Å². The normalized spacial score (nSPS) is 25.9. The molecule has 4 aliphatic heterocycles. The zero-order chi connectivity index (χ0) is 44.5. The lowest BCUT2D eigenvalue weighted by Crippen LogP contribution is -2.47. The molecule has 5 heterocycles. The van der Waals surface area contributed by atoms with Crippen LogP contribution in [0.25, 0.3) is 16.6 Å². The first kappa shape index (κ1) is 43.4. The molecule has 5 aliphatic rings. The summed E-state index contributed by atoms with van der Waals surface area (Å²) in [6.45, 7) is 2.49. The second-order valence-electron chi connectivity index (χ2n) is 18.9. The second kappa shape index (κ2) is 18.7. The Hall–Kier alpha value is -5.54. The summed E-state index contributed by atoms with van der Waals surface area (Å²) in [4.78, 5) is 0. The molecular formula is C55H62N4O6. The van der Waals surface area contributed by atoms with E-state index in [9.17, 15) is 15.3 Å². The summed E-state index contributed by atoms with van der Waals surface area (Å²) >= 11 is 0. The first-order valence-electron chi connectivity index (χ1n) is 23.7. The molecule has 1 aliphatic carbocycles. The molecule has 1 aromatic heterocycles. The maximum Gasteiger partial charge on any atom is 0.161 e. The standard InChI is InChI=1S/C55H62N4O6/c1-57-29-47-46-21-14-35(9-10-36-11-18-43(60)19-12-36)5-4-7-45-28-44(61)20-13-37-15-22-51(62)52(25-37)65-32-40-27-42(55-23-24-63-33-41(55)17-16-38-6-2-3-8-50(38)55)26-39-30-59(31-48(39)40)54(58-53(47)56)49(46)34-64-45/h2-3,6,8,11-12,15,18-19,22,25-27,30-31,35,41,44-45,53,57-58,60-62H,4-5,7,9-10,13,16-17,20,23-24,28-29,32-34,56H2,1H3/t35-,41+,44+,45-,53?,55+/m0/s1. The van der Waals surface area contributed by atoms with Crippen LogP contribution in [0.5, 0.6) is 17.2 Å². The van der Waals surface area contributed by atoms with Crippen molar-refractivity contribution >= 4 is 16.6 Å². The molecule has 0 saturated carbocycles. The van der Waals surface area contributed by atoms with E-state index in [1.54, 1.807) is 18.2 Å². The summed E-state index contributed by atoms with van der Waals surface area (Å²) in [5, 5.41) is 41.8. The predicted molar refractivity (Wildman–Crippen MR) is 254 cm³/mol. The van der Waals surface area contributed by atoms with Crippen LogP contribution in [0, 0.1) is 23.7 Å². The molecule has 0 amide bonds. The molecule has 6 bridgehead atoms. The highest BCUT2D eigenvalue weighted by Gasteiger charge is 2.47. The fourth-order valence-electron chi connectivity index (χ4n) is 11.3. The fraction of sp³-hybridized carbons (Fsp3) is 0.418. The van der Waals surface area contributed by atoms with Crippen LogP contribution in [0.2, 0.25) is 0 Å². The maximum atomic E-state index is 11.6. The average Bonchev–Trinajstić information content (AvgIpc) is 3.75. The first-order chi connectivity index (χ1) is 31.7. The number of ether oxygens (including phenoxy) is 3. The van der Waals surface area contributed by atoms with E-state index in [2.05, 4.69) is 75.8 Å². The number of aryl methyl sites for hydroxylation is 3. The van der Waals surface area contributed by atoms with Gasteiger partial charge >= 0.3 is 0 Å². The van der Waals surface area contributed by atoms with Crippen LogP contribution in [0.15, 0.2) is 108 Å². The summed E-state index contributed by atoms with van der Waals surface area (Å²) in [6, 6.07) is 26.7. The highest BCUT2D eigenvalue weighted by Crippen LogP contribution is 2.52. The lowest BCUT2D eigenvalue weighted by atomic mass is 9.57. The van der Waals surface area contributed by atoms with Crippen LogP contribution in [-0.2, 0) is 40.8 Å². The average molecular weight is 875 g/mol. The Bertz CT molecular complexity index is 2670. The van der Waals surface area contributed by atoms with Gasteiger partial charge in [0, 0.05) is 58.8 Å². The number of phenols is 2. The van der Waals surface area contributed by atoms with Gasteiger partial charge in [0.25, 0.3) is 0 Å². The van der Waals surface area contributed by atoms with Crippen LogP contribution in [0.3, 0.4) is 0 Å². The Morgan fingerprint density at radius 3 is 2.69 bits per heavy atom. The number of likely N-dealkylation sites (N-methyl/N-ethyl adjacent to an activating group) is 1. The molecule has 0 radical (unpaired) electrons. The van der Waals surface area contributed by atoms with Crippen LogP contribution in [0.1, 0.15) is 84.7 Å². The van der Waals surface area contributed by atoms with Crippen LogP contribution in [-0.4, -0.2) is 71.7 Å². The third kappa shape index (κ3) is 8.81. The third-order valence-corrected chi connectivity index (χ3v) is 14.8. The number of rotatable bonds is 6. The minimum atomic E-state index is -0.592. The zero-order valence-corrected chi connectivity index (χ0v) is 37.5. The number of phenolic OH excluding ortho intramolecular Hbond substituents is 2. The van der Waals surface area contributed by atoms with Crippen LogP contribution >= 0.6 is 0 Å². The largest absolute Gasteiger partial charge is 0.508 e. The molecule has 65 heavy (non-hydrogen) atoms. The van der Waals surface area contributed by atoms with Crippen LogP contribution < -0.4 is 21.1 Å². The van der Waals surface area contributed by atoms with Gasteiger partial charge in [-0.2, -0.15) is 0 Å². The first-order valence-corrected chi connectivity index (χ1v) is 23.7. The van der Waals surface area contributed by atoms with E-state index in [1.165, 1.54) is 22.3 Å². The van der Waals surface area contributed by atoms with Gasteiger partial charge < -0.3 is 50.5 Å². The minimum Gasteiger partial charge on any atom is -0.508 e. The van der Waals surface area contributed by atoms with Crippen molar-refractivity contribution in [3.05, 3.63) is 141 Å². The summed E-state index contributed by atoms with van der Waals surface area (Å²) in [7, 11) is 1.93. The number of nitrogens with one attached hydrogen (secondary N) is 2. The SMILES string of the molecule is CNCC1=C2C#C[C@H](CCc3ccc(O)cc3)CCC[C@H]3C[C@H](O)CCc4ccc(O)c(c4)OCc4cc([C@@]56CCOC[C@H]5CCc5ccccc56)cc5cn(cc45)C(=C2CO3)NC1N. The Kier molecular flexibility index (Phi) is 12.5. The zero-order valence-electron chi connectivity index (χ0n) is 37.5. The number of dihydropyridines is 1. The van der Waals surface area contributed by atoms with Crippen molar-refractivity contribution < 1.29 is 29.5 Å². The molecule has 1 fully saturated rings. The van der Waals surface area contributed by atoms with Crippen molar-refractivity contribution in [2.45, 2.75) is 101 Å². The molecule has 7 N–H and O–H groups in total. The number of nitrogens with two attached hydrogens (primary N) is 1. The highest BCUT2D eigenvalue weighted by atomic mass is 16.5. The number of hydrogen-bond acceptors (Lipinski definition) is 9. The van der Waals surface area contributed by atoms with Gasteiger partial charge in [0.2, 0.25) is 0 Å². The second-order valence-corrected chi connectivity index (χ2v) is 18.9. The van der Waals surface area contributed by atoms with E-state index in [1.807, 2.05) is 31.3 Å². The Labute approximate surface area is 382 Å². The third-order valence-electron chi connectivity index (χ3n) is 14.8. The van der Waals surface area contributed by atoms with E-state index in [0.29, 0.717) is 50.7 Å². The molecule has 4 aromatic carbocycles. The van der Waals surface area contributed by atoms with E-state index in [-0.39, 0.29) is 35.5 Å². The smallest absolute Gasteiger partial charge is 0.161 e. The lowest BCUT2D eigenvalue weighted by molar-refractivity contribution is 0.00498. The molecule has 6 atom stereocenters. The van der Waals surface area contributed by atoms with Crippen molar-refractivity contribution in [3.8, 4) is 29.1 Å². The number of aromatic nitrogens is 1. The van der Waals surface area contributed by atoms with E-state index in [4.69, 9.17) is 19.9 Å². The molecule has 338 valence electrons. The van der Waals surface area contributed by atoms with Crippen molar-refractivity contribution in [2.75, 3.05) is 33.4 Å². The maximum absolute atomic E-state index is 11.6. The molecular weight excluding hydrogens is 813 g/mol. The van der Waals surface area contributed by atoms with Gasteiger partial charge in [-0.3, -0.25) is 0 Å². The fourth-order valence-corrected chi connectivity index (χ4v) is 11.3. The van der Waals surface area contributed by atoms with Gasteiger partial charge in [0.05, 0.1) is 25.4 Å². The van der Waals surface area contributed by atoms with Crippen LogP contribution in [0.4, 0.5) is 0 Å². The van der Waals surface area contributed by atoms with Gasteiger partial charge in [-0.1, -0.05) is 60.4 Å². The number of aliphatic hydroxyl groups excluding tert-OH is 1. The Morgan fingerprint density at radius 1 is 0.938 bits per heavy atom. The highest BCUT2D eigenvalue weighted by molar-refractivity contribution is 5.89. The molecule has 5 aromatic rings. The molecule has 1 saturated heterocycles. The number of benzene rings is 4.